The van der Waals surface area contributed by atoms with Crippen LogP contribution in [0.5, 0.6) is 0 Å². The molecule has 18 heavy (non-hydrogen) atoms. The van der Waals surface area contributed by atoms with E-state index >= 15 is 0 Å². The lowest BCUT2D eigenvalue weighted by Crippen LogP contribution is -2.39. The molecule has 102 valence electrons. The molecule has 2 N–H and O–H groups in total. The van der Waals surface area contributed by atoms with E-state index in [-0.39, 0.29) is 24.0 Å². The molecule has 0 radical (unpaired) electrons. The fraction of sp³-hybridized carbons (Fsp3) is 0.615. The summed E-state index contributed by atoms with van der Waals surface area (Å²) in [5.74, 6) is 0.911. The molecule has 0 spiro atoms. The zero-order chi connectivity index (χ0) is 12.5. The van der Waals surface area contributed by atoms with Crippen molar-refractivity contribution in [3.63, 3.8) is 0 Å². The number of nitrogens with zero attached hydrogens (tertiary/aromatic N) is 1. The molecule has 1 unspecified atom stereocenters. The largest absolute Gasteiger partial charge is 0.353 e. The van der Waals surface area contributed by atoms with Gasteiger partial charge in [0.1, 0.15) is 0 Å². The molecule has 1 aliphatic carbocycles. The SMILES string of the molecule is CN=C(NCc1sccc1C)NC1CC1(C)C.I. The van der Waals surface area contributed by atoms with Crippen LogP contribution in [0, 0.1) is 12.3 Å². The molecule has 2 rings (SSSR count). The van der Waals surface area contributed by atoms with Crippen molar-refractivity contribution in [1.82, 2.24) is 10.6 Å². The third-order valence-electron chi connectivity index (χ3n) is 3.43. The van der Waals surface area contributed by atoms with Crippen LogP contribution in [0.3, 0.4) is 0 Å². The summed E-state index contributed by atoms with van der Waals surface area (Å²) in [7, 11) is 1.83. The lowest BCUT2D eigenvalue weighted by Gasteiger charge is -2.12. The van der Waals surface area contributed by atoms with E-state index in [1.165, 1.54) is 16.9 Å². The molecule has 0 aliphatic heterocycles. The third kappa shape index (κ3) is 3.85. The van der Waals surface area contributed by atoms with Gasteiger partial charge in [0.15, 0.2) is 5.96 Å². The van der Waals surface area contributed by atoms with E-state index < -0.39 is 0 Å². The molecule has 1 saturated carbocycles. The summed E-state index contributed by atoms with van der Waals surface area (Å²) in [6, 6.07) is 2.72. The molecule has 1 aliphatic rings. The molecular weight excluding hydrogens is 357 g/mol. The molecular formula is C13H22IN3S. The summed E-state index contributed by atoms with van der Waals surface area (Å²) in [6.45, 7) is 7.56. The smallest absolute Gasteiger partial charge is 0.191 e. The average Bonchev–Trinajstić information content (AvgIpc) is 2.69. The summed E-state index contributed by atoms with van der Waals surface area (Å²) in [4.78, 5) is 5.64. The van der Waals surface area contributed by atoms with E-state index in [1.807, 2.05) is 7.05 Å². The molecule has 0 amide bonds. The maximum absolute atomic E-state index is 4.26. The molecule has 0 bridgehead atoms. The first-order chi connectivity index (χ1) is 8.03. The van der Waals surface area contributed by atoms with Crippen molar-refractivity contribution in [2.24, 2.45) is 10.4 Å². The van der Waals surface area contributed by atoms with Crippen LogP contribution in [-0.2, 0) is 6.54 Å². The van der Waals surface area contributed by atoms with Crippen molar-refractivity contribution >= 4 is 41.3 Å². The quantitative estimate of drug-likeness (QED) is 0.481. The van der Waals surface area contributed by atoms with Gasteiger partial charge in [0.05, 0.1) is 6.54 Å². The summed E-state index contributed by atoms with van der Waals surface area (Å²) < 4.78 is 0. The first-order valence-corrected chi connectivity index (χ1v) is 6.91. The summed E-state index contributed by atoms with van der Waals surface area (Å²) in [5, 5.41) is 8.96. The second-order valence-electron chi connectivity index (χ2n) is 5.34. The lowest BCUT2D eigenvalue weighted by atomic mass is 10.2. The van der Waals surface area contributed by atoms with Crippen LogP contribution < -0.4 is 10.6 Å². The Morgan fingerprint density at radius 1 is 1.56 bits per heavy atom. The van der Waals surface area contributed by atoms with Crippen LogP contribution in [0.2, 0.25) is 0 Å². The second-order valence-corrected chi connectivity index (χ2v) is 6.34. The molecule has 1 fully saturated rings. The minimum Gasteiger partial charge on any atom is -0.353 e. The Morgan fingerprint density at radius 2 is 2.22 bits per heavy atom. The number of rotatable bonds is 3. The molecule has 0 saturated heterocycles. The molecule has 1 aromatic rings. The van der Waals surface area contributed by atoms with Crippen LogP contribution in [0.25, 0.3) is 0 Å². The van der Waals surface area contributed by atoms with Crippen LogP contribution >= 0.6 is 35.3 Å². The number of nitrogens with one attached hydrogen (secondary N) is 2. The Balaban J connectivity index is 0.00000162. The average molecular weight is 379 g/mol. The number of thiophene rings is 1. The predicted octanol–water partition coefficient (Wildman–Crippen LogP) is 3.14. The Hall–Kier alpha value is -0.300. The number of hydrogen-bond acceptors (Lipinski definition) is 2. The lowest BCUT2D eigenvalue weighted by molar-refractivity contribution is 0.589. The number of aryl methyl sites for hydroxylation is 1. The highest BCUT2D eigenvalue weighted by atomic mass is 127. The van der Waals surface area contributed by atoms with Gasteiger partial charge in [-0.25, -0.2) is 0 Å². The van der Waals surface area contributed by atoms with Crippen molar-refractivity contribution in [2.75, 3.05) is 7.05 Å². The van der Waals surface area contributed by atoms with Gasteiger partial charge in [0.25, 0.3) is 0 Å². The van der Waals surface area contributed by atoms with Gasteiger partial charge >= 0.3 is 0 Å². The normalized spacial score (nSPS) is 21.1. The van der Waals surface area contributed by atoms with Crippen molar-refractivity contribution < 1.29 is 0 Å². The topological polar surface area (TPSA) is 36.4 Å². The van der Waals surface area contributed by atoms with E-state index in [0.29, 0.717) is 11.5 Å². The number of guanidine groups is 1. The fourth-order valence-corrected chi connectivity index (χ4v) is 2.67. The van der Waals surface area contributed by atoms with Gasteiger partial charge in [-0.2, -0.15) is 0 Å². The number of hydrogen-bond donors (Lipinski definition) is 2. The summed E-state index contributed by atoms with van der Waals surface area (Å²) in [5.41, 5.74) is 1.78. The van der Waals surface area contributed by atoms with Gasteiger partial charge in [-0.1, -0.05) is 13.8 Å². The molecule has 1 aromatic heterocycles. The summed E-state index contributed by atoms with van der Waals surface area (Å²) in [6.07, 6.45) is 1.23. The Kier molecular flexibility index (Phi) is 5.46. The van der Waals surface area contributed by atoms with Gasteiger partial charge in [0, 0.05) is 18.0 Å². The highest BCUT2D eigenvalue weighted by Gasteiger charge is 2.46. The second kappa shape index (κ2) is 6.23. The van der Waals surface area contributed by atoms with Crippen LogP contribution in [0.15, 0.2) is 16.4 Å². The van der Waals surface area contributed by atoms with Gasteiger partial charge in [-0.3, -0.25) is 4.99 Å². The Labute approximate surface area is 130 Å². The van der Waals surface area contributed by atoms with Crippen LogP contribution in [0.4, 0.5) is 0 Å². The van der Waals surface area contributed by atoms with Crippen molar-refractivity contribution in [3.05, 3.63) is 21.9 Å². The van der Waals surface area contributed by atoms with Gasteiger partial charge in [-0.05, 0) is 35.8 Å². The first kappa shape index (κ1) is 15.8. The van der Waals surface area contributed by atoms with Gasteiger partial charge < -0.3 is 10.6 Å². The van der Waals surface area contributed by atoms with Crippen LogP contribution in [0.1, 0.15) is 30.7 Å². The van der Waals surface area contributed by atoms with Crippen molar-refractivity contribution in [2.45, 2.75) is 39.8 Å². The van der Waals surface area contributed by atoms with Gasteiger partial charge in [-0.15, -0.1) is 35.3 Å². The first-order valence-electron chi connectivity index (χ1n) is 6.03. The third-order valence-corrected chi connectivity index (χ3v) is 4.46. The Bertz CT molecular complexity index is 426. The van der Waals surface area contributed by atoms with E-state index in [9.17, 15) is 0 Å². The zero-order valence-corrected chi connectivity index (χ0v) is 14.6. The van der Waals surface area contributed by atoms with E-state index in [0.717, 1.165) is 12.5 Å². The highest BCUT2D eigenvalue weighted by Crippen LogP contribution is 2.44. The maximum Gasteiger partial charge on any atom is 0.191 e. The van der Waals surface area contributed by atoms with Crippen LogP contribution in [-0.4, -0.2) is 19.0 Å². The standard InChI is InChI=1S/C13H21N3S.HI/c1-9-5-6-17-10(9)8-15-12(14-4)16-11-7-13(11,2)3;/h5-6,11H,7-8H2,1-4H3,(H2,14,15,16);1H. The Morgan fingerprint density at radius 3 is 2.67 bits per heavy atom. The molecule has 0 aromatic carbocycles. The molecule has 1 atom stereocenters. The number of aliphatic imine (C=N–C) groups is 1. The van der Waals surface area contributed by atoms with E-state index in [4.69, 9.17) is 0 Å². The molecule has 3 nitrogen and oxygen atoms in total. The van der Waals surface area contributed by atoms with Crippen molar-refractivity contribution in [3.8, 4) is 0 Å². The predicted molar refractivity (Wildman–Crippen MR) is 90.0 cm³/mol. The summed E-state index contributed by atoms with van der Waals surface area (Å²) >= 11 is 1.79. The number of halogens is 1. The highest BCUT2D eigenvalue weighted by molar-refractivity contribution is 14.0. The van der Waals surface area contributed by atoms with Gasteiger partial charge in [0.2, 0.25) is 0 Å². The van der Waals surface area contributed by atoms with E-state index in [2.05, 4.69) is 47.8 Å². The monoisotopic (exact) mass is 379 g/mol. The van der Waals surface area contributed by atoms with E-state index in [1.54, 1.807) is 11.3 Å². The minimum absolute atomic E-state index is 0. The fourth-order valence-electron chi connectivity index (χ4n) is 1.82. The minimum atomic E-state index is 0. The maximum atomic E-state index is 4.26. The van der Waals surface area contributed by atoms with Crippen molar-refractivity contribution in [1.29, 1.82) is 0 Å². The molecule has 5 heteroatoms. The zero-order valence-electron chi connectivity index (χ0n) is 11.4. The molecule has 1 heterocycles.